The molecular weight excluding hydrogens is 322 g/mol. The Morgan fingerprint density at radius 2 is 1.12 bits per heavy atom. The maximum atomic E-state index is 11.6. The first-order valence-corrected chi connectivity index (χ1v) is 11.7. The minimum atomic E-state index is -0.0174. The maximum Gasteiger partial charge on any atom is 0.305 e. The molecule has 3 heteroatoms. The first-order chi connectivity index (χ1) is 12.8. The molecule has 0 heterocycles. The van der Waals surface area contributed by atoms with Crippen LogP contribution in [0.5, 0.6) is 0 Å². The highest BCUT2D eigenvalue weighted by atomic mass is 16.5. The summed E-state index contributed by atoms with van der Waals surface area (Å²) in [5, 5.41) is 3.23. The lowest BCUT2D eigenvalue weighted by molar-refractivity contribution is -0.143. The summed E-state index contributed by atoms with van der Waals surface area (Å²) in [5.41, 5.74) is 0. The highest BCUT2D eigenvalue weighted by Gasteiger charge is 2.02. The third-order valence-corrected chi connectivity index (χ3v) is 5.00. The molecule has 0 saturated carbocycles. The van der Waals surface area contributed by atoms with Gasteiger partial charge in [0.15, 0.2) is 0 Å². The number of unbranched alkanes of at least 4 members (excludes halogenated alkanes) is 14. The number of rotatable bonds is 21. The van der Waals surface area contributed by atoms with Crippen molar-refractivity contribution in [3.63, 3.8) is 0 Å². The minimum Gasteiger partial charge on any atom is -0.466 e. The van der Waals surface area contributed by atoms with Gasteiger partial charge in [-0.2, -0.15) is 0 Å². The highest BCUT2D eigenvalue weighted by Crippen LogP contribution is 2.13. The van der Waals surface area contributed by atoms with Crippen molar-refractivity contribution in [2.75, 3.05) is 19.7 Å². The molecule has 0 aromatic carbocycles. The summed E-state index contributed by atoms with van der Waals surface area (Å²) in [7, 11) is 0. The number of hydrogen-bond donors (Lipinski definition) is 1. The molecule has 0 atom stereocenters. The molecular formula is C23H47NO2. The van der Waals surface area contributed by atoms with E-state index in [4.69, 9.17) is 4.74 Å². The summed E-state index contributed by atoms with van der Waals surface area (Å²) in [4.78, 5) is 11.6. The quantitative estimate of drug-likeness (QED) is 0.179. The van der Waals surface area contributed by atoms with Crippen LogP contribution in [0.1, 0.15) is 123 Å². The molecule has 0 aliphatic rings. The third kappa shape index (κ3) is 21.5. The molecule has 0 rings (SSSR count). The van der Waals surface area contributed by atoms with Crippen LogP contribution in [0.15, 0.2) is 0 Å². The molecule has 1 N–H and O–H groups in total. The van der Waals surface area contributed by atoms with Crippen LogP contribution in [-0.2, 0) is 9.53 Å². The van der Waals surface area contributed by atoms with Crippen LogP contribution < -0.4 is 5.32 Å². The molecule has 0 radical (unpaired) electrons. The molecule has 0 aliphatic heterocycles. The molecule has 0 amide bonds. The second kappa shape index (κ2) is 22.5. The zero-order valence-electron chi connectivity index (χ0n) is 18.0. The summed E-state index contributed by atoms with van der Waals surface area (Å²) in [5.74, 6) is -0.0174. The summed E-state index contributed by atoms with van der Waals surface area (Å²) in [6.07, 6.45) is 21.8. The fourth-order valence-corrected chi connectivity index (χ4v) is 3.27. The van der Waals surface area contributed by atoms with E-state index in [0.29, 0.717) is 13.0 Å². The predicted octanol–water partition coefficient (Wildman–Crippen LogP) is 6.79. The first-order valence-electron chi connectivity index (χ1n) is 11.7. The predicted molar refractivity (Wildman–Crippen MR) is 114 cm³/mol. The average molecular weight is 370 g/mol. The van der Waals surface area contributed by atoms with Gasteiger partial charge in [-0.3, -0.25) is 4.79 Å². The van der Waals surface area contributed by atoms with Crippen LogP contribution >= 0.6 is 0 Å². The molecule has 0 aromatic rings. The lowest BCUT2D eigenvalue weighted by Crippen LogP contribution is -2.16. The van der Waals surface area contributed by atoms with Gasteiger partial charge in [0.25, 0.3) is 0 Å². The van der Waals surface area contributed by atoms with Crippen molar-refractivity contribution in [3.05, 3.63) is 0 Å². The summed E-state index contributed by atoms with van der Waals surface area (Å²) >= 11 is 0. The largest absolute Gasteiger partial charge is 0.466 e. The molecule has 156 valence electrons. The SMILES string of the molecule is CCCCCCCCCCCCCCCCCC(=O)OCCCNCC. The summed E-state index contributed by atoms with van der Waals surface area (Å²) in [6, 6.07) is 0. The fraction of sp³-hybridized carbons (Fsp3) is 0.957. The molecule has 0 saturated heterocycles. The molecule has 3 nitrogen and oxygen atoms in total. The number of ether oxygens (including phenoxy) is 1. The van der Waals surface area contributed by atoms with Crippen LogP contribution in [0.3, 0.4) is 0 Å². The Labute approximate surface area is 164 Å². The van der Waals surface area contributed by atoms with Crippen molar-refractivity contribution in [3.8, 4) is 0 Å². The molecule has 0 aliphatic carbocycles. The maximum absolute atomic E-state index is 11.6. The van der Waals surface area contributed by atoms with Crippen LogP contribution in [0.4, 0.5) is 0 Å². The first kappa shape index (κ1) is 25.4. The molecule has 0 aromatic heterocycles. The van der Waals surface area contributed by atoms with E-state index in [1.165, 1.54) is 89.9 Å². The van der Waals surface area contributed by atoms with E-state index >= 15 is 0 Å². The van der Waals surface area contributed by atoms with Crippen LogP contribution in [0.25, 0.3) is 0 Å². The number of carbonyl (C=O) groups is 1. The van der Waals surface area contributed by atoms with E-state index < -0.39 is 0 Å². The standard InChI is InChI=1S/C23H47NO2/c1-3-5-6-7-8-9-10-11-12-13-14-15-16-17-18-20-23(25)26-22-19-21-24-4-2/h24H,3-22H2,1-2H3. The van der Waals surface area contributed by atoms with Crippen molar-refractivity contribution in [2.24, 2.45) is 0 Å². The number of nitrogens with one attached hydrogen (secondary N) is 1. The Kier molecular flexibility index (Phi) is 22.0. The second-order valence-electron chi connectivity index (χ2n) is 7.63. The monoisotopic (exact) mass is 369 g/mol. The van der Waals surface area contributed by atoms with Crippen molar-refractivity contribution >= 4 is 5.97 Å². The second-order valence-corrected chi connectivity index (χ2v) is 7.63. The van der Waals surface area contributed by atoms with Gasteiger partial charge in [-0.1, -0.05) is 104 Å². The van der Waals surface area contributed by atoms with Crippen LogP contribution in [0.2, 0.25) is 0 Å². The van der Waals surface area contributed by atoms with E-state index in [-0.39, 0.29) is 5.97 Å². The van der Waals surface area contributed by atoms with Gasteiger partial charge in [0.1, 0.15) is 0 Å². The number of carbonyl (C=O) groups excluding carboxylic acids is 1. The number of esters is 1. The van der Waals surface area contributed by atoms with Gasteiger partial charge < -0.3 is 10.1 Å². The molecule has 0 spiro atoms. The molecule has 0 fully saturated rings. The van der Waals surface area contributed by atoms with Crippen molar-refractivity contribution < 1.29 is 9.53 Å². The van der Waals surface area contributed by atoms with E-state index in [0.717, 1.165) is 25.9 Å². The average Bonchev–Trinajstić information content (AvgIpc) is 2.64. The van der Waals surface area contributed by atoms with Gasteiger partial charge in [0, 0.05) is 6.42 Å². The van der Waals surface area contributed by atoms with Gasteiger partial charge >= 0.3 is 5.97 Å². The van der Waals surface area contributed by atoms with E-state index in [9.17, 15) is 4.79 Å². The lowest BCUT2D eigenvalue weighted by Gasteiger charge is -2.05. The van der Waals surface area contributed by atoms with Crippen LogP contribution in [-0.4, -0.2) is 25.7 Å². The Morgan fingerprint density at radius 3 is 1.58 bits per heavy atom. The number of hydrogen-bond acceptors (Lipinski definition) is 3. The van der Waals surface area contributed by atoms with Gasteiger partial charge in [-0.15, -0.1) is 0 Å². The third-order valence-electron chi connectivity index (χ3n) is 5.00. The highest BCUT2D eigenvalue weighted by molar-refractivity contribution is 5.69. The molecule has 26 heavy (non-hydrogen) atoms. The summed E-state index contributed by atoms with van der Waals surface area (Å²) in [6.45, 7) is 6.84. The van der Waals surface area contributed by atoms with Crippen molar-refractivity contribution in [1.29, 1.82) is 0 Å². The van der Waals surface area contributed by atoms with Crippen LogP contribution in [0, 0.1) is 0 Å². The summed E-state index contributed by atoms with van der Waals surface area (Å²) < 4.78 is 5.23. The smallest absolute Gasteiger partial charge is 0.305 e. The molecule has 0 bridgehead atoms. The minimum absolute atomic E-state index is 0.0174. The van der Waals surface area contributed by atoms with E-state index in [2.05, 4.69) is 19.2 Å². The topological polar surface area (TPSA) is 38.3 Å². The Bertz CT molecular complexity index is 281. The Morgan fingerprint density at radius 1 is 0.654 bits per heavy atom. The Hall–Kier alpha value is -0.570. The zero-order chi connectivity index (χ0) is 19.1. The van der Waals surface area contributed by atoms with E-state index in [1.54, 1.807) is 0 Å². The van der Waals surface area contributed by atoms with E-state index in [1.807, 2.05) is 0 Å². The zero-order valence-corrected chi connectivity index (χ0v) is 18.0. The van der Waals surface area contributed by atoms with Gasteiger partial charge in [0.2, 0.25) is 0 Å². The van der Waals surface area contributed by atoms with Crippen molar-refractivity contribution in [1.82, 2.24) is 5.32 Å². The van der Waals surface area contributed by atoms with Gasteiger partial charge in [0.05, 0.1) is 6.61 Å². The lowest BCUT2D eigenvalue weighted by atomic mass is 10.0. The normalized spacial score (nSPS) is 11.0. The molecule has 0 unspecified atom stereocenters. The van der Waals surface area contributed by atoms with Gasteiger partial charge in [-0.25, -0.2) is 0 Å². The fourth-order valence-electron chi connectivity index (χ4n) is 3.27. The van der Waals surface area contributed by atoms with Gasteiger partial charge in [-0.05, 0) is 25.9 Å². The van der Waals surface area contributed by atoms with Crippen molar-refractivity contribution in [2.45, 2.75) is 123 Å². The Balaban J connectivity index is 3.09.